The van der Waals surface area contributed by atoms with Crippen LogP contribution in [-0.2, 0) is 4.74 Å². The molecule has 1 aromatic heterocycles. The fraction of sp³-hybridized carbons (Fsp3) is 0.714. The molecule has 1 aliphatic rings. The number of hydrogen-bond donors (Lipinski definition) is 0. The zero-order valence-corrected chi connectivity index (χ0v) is 8.23. The summed E-state index contributed by atoms with van der Waals surface area (Å²) in [4.78, 5) is 4.09. The van der Waals surface area contributed by atoms with E-state index >= 15 is 0 Å². The van der Waals surface area contributed by atoms with Crippen LogP contribution in [0, 0.1) is 5.92 Å². The fourth-order valence-electron chi connectivity index (χ4n) is 1.24. The molecule has 0 spiro atoms. The summed E-state index contributed by atoms with van der Waals surface area (Å²) in [6.45, 7) is 0. The first-order valence-corrected chi connectivity index (χ1v) is 4.98. The van der Waals surface area contributed by atoms with Crippen LogP contribution in [0.5, 0.6) is 0 Å². The van der Waals surface area contributed by atoms with E-state index in [0.29, 0.717) is 10.4 Å². The van der Waals surface area contributed by atoms with Crippen molar-refractivity contribution >= 4 is 23.1 Å². The SMILES string of the molecule is COC(c1nsc(Cl)n1)C1CC1. The van der Waals surface area contributed by atoms with E-state index in [4.69, 9.17) is 16.3 Å². The summed E-state index contributed by atoms with van der Waals surface area (Å²) in [6, 6.07) is 0. The quantitative estimate of drug-likeness (QED) is 0.758. The van der Waals surface area contributed by atoms with Crippen molar-refractivity contribution in [2.24, 2.45) is 5.92 Å². The number of rotatable bonds is 3. The third kappa shape index (κ3) is 1.60. The smallest absolute Gasteiger partial charge is 0.203 e. The first kappa shape index (κ1) is 8.41. The molecule has 0 radical (unpaired) electrons. The predicted molar refractivity (Wildman–Crippen MR) is 47.4 cm³/mol. The molecule has 0 N–H and O–H groups in total. The van der Waals surface area contributed by atoms with E-state index in [9.17, 15) is 0 Å². The van der Waals surface area contributed by atoms with Crippen LogP contribution >= 0.6 is 23.1 Å². The molecule has 1 aromatic rings. The Morgan fingerprint density at radius 3 is 2.83 bits per heavy atom. The summed E-state index contributed by atoms with van der Waals surface area (Å²) in [5, 5.41) is 0. The lowest BCUT2D eigenvalue weighted by Gasteiger charge is -2.08. The van der Waals surface area contributed by atoms with Gasteiger partial charge in [-0.25, -0.2) is 4.98 Å². The molecule has 0 aliphatic heterocycles. The number of nitrogens with zero attached hydrogens (tertiary/aromatic N) is 2. The van der Waals surface area contributed by atoms with Crippen molar-refractivity contribution in [1.29, 1.82) is 0 Å². The Labute approximate surface area is 79.9 Å². The lowest BCUT2D eigenvalue weighted by molar-refractivity contribution is 0.0782. The molecule has 0 saturated heterocycles. The number of aromatic nitrogens is 2. The fourth-order valence-corrected chi connectivity index (χ4v) is 1.88. The highest BCUT2D eigenvalue weighted by Gasteiger charge is 2.34. The molecule has 1 heterocycles. The van der Waals surface area contributed by atoms with E-state index in [2.05, 4.69) is 9.36 Å². The Hall–Kier alpha value is -0.190. The predicted octanol–water partition coefficient (Wildman–Crippen LogP) is 2.29. The van der Waals surface area contributed by atoms with Crippen LogP contribution in [0.3, 0.4) is 0 Å². The Morgan fingerprint density at radius 2 is 2.42 bits per heavy atom. The molecule has 66 valence electrons. The maximum atomic E-state index is 5.68. The first-order chi connectivity index (χ1) is 5.81. The van der Waals surface area contributed by atoms with E-state index in [1.165, 1.54) is 24.4 Å². The third-order valence-corrected chi connectivity index (χ3v) is 2.79. The van der Waals surface area contributed by atoms with Crippen molar-refractivity contribution in [3.63, 3.8) is 0 Å². The third-order valence-electron chi connectivity index (χ3n) is 1.98. The average Bonchev–Trinajstić information content (AvgIpc) is 2.78. The molecule has 12 heavy (non-hydrogen) atoms. The number of halogens is 1. The minimum absolute atomic E-state index is 0.0637. The molecule has 1 saturated carbocycles. The summed E-state index contributed by atoms with van der Waals surface area (Å²) in [7, 11) is 1.69. The highest BCUT2D eigenvalue weighted by atomic mass is 35.5. The Morgan fingerprint density at radius 1 is 1.67 bits per heavy atom. The molecule has 0 bridgehead atoms. The molecule has 5 heteroatoms. The van der Waals surface area contributed by atoms with Crippen LogP contribution < -0.4 is 0 Å². The minimum atomic E-state index is 0.0637. The van der Waals surface area contributed by atoms with Crippen molar-refractivity contribution in [3.8, 4) is 0 Å². The van der Waals surface area contributed by atoms with Gasteiger partial charge in [0, 0.05) is 7.11 Å². The van der Waals surface area contributed by atoms with E-state index in [0.717, 1.165) is 5.82 Å². The summed E-state index contributed by atoms with van der Waals surface area (Å²) in [6.07, 6.45) is 2.50. The largest absolute Gasteiger partial charge is 0.373 e. The van der Waals surface area contributed by atoms with Gasteiger partial charge >= 0.3 is 0 Å². The molecule has 1 atom stereocenters. The number of hydrogen-bond acceptors (Lipinski definition) is 4. The second kappa shape index (κ2) is 3.28. The highest BCUT2D eigenvalue weighted by Crippen LogP contribution is 2.42. The zero-order chi connectivity index (χ0) is 8.55. The van der Waals surface area contributed by atoms with E-state index in [1.54, 1.807) is 7.11 Å². The van der Waals surface area contributed by atoms with Gasteiger partial charge in [-0.15, -0.1) is 0 Å². The summed E-state index contributed by atoms with van der Waals surface area (Å²) < 4.78 is 9.91. The van der Waals surface area contributed by atoms with Gasteiger partial charge in [-0.05, 0) is 41.9 Å². The zero-order valence-electron chi connectivity index (χ0n) is 6.66. The van der Waals surface area contributed by atoms with E-state index in [1.807, 2.05) is 0 Å². The summed E-state index contributed by atoms with van der Waals surface area (Å²) in [5.41, 5.74) is 0. The Kier molecular flexibility index (Phi) is 2.30. The van der Waals surface area contributed by atoms with Crippen LogP contribution in [0.15, 0.2) is 0 Å². The van der Waals surface area contributed by atoms with E-state index in [-0.39, 0.29) is 6.10 Å². The molecule has 1 fully saturated rings. The van der Waals surface area contributed by atoms with Crippen LogP contribution in [0.25, 0.3) is 0 Å². The molecular formula is C7H9ClN2OS. The van der Waals surface area contributed by atoms with Gasteiger partial charge < -0.3 is 4.74 Å². The lowest BCUT2D eigenvalue weighted by atomic mass is 10.2. The molecular weight excluding hydrogens is 196 g/mol. The molecule has 3 nitrogen and oxygen atoms in total. The van der Waals surface area contributed by atoms with Crippen LogP contribution in [-0.4, -0.2) is 16.5 Å². The standard InChI is InChI=1S/C7H9ClN2OS/c1-11-5(4-2-3-4)6-9-7(8)12-10-6/h4-5H,2-3H2,1H3. The van der Waals surface area contributed by atoms with Crippen molar-refractivity contribution in [3.05, 3.63) is 10.3 Å². The monoisotopic (exact) mass is 204 g/mol. The maximum Gasteiger partial charge on any atom is 0.203 e. The topological polar surface area (TPSA) is 35.0 Å². The first-order valence-electron chi connectivity index (χ1n) is 3.83. The Bertz CT molecular complexity index is 274. The second-order valence-electron chi connectivity index (χ2n) is 2.90. The molecule has 1 aliphatic carbocycles. The van der Waals surface area contributed by atoms with Crippen molar-refractivity contribution in [1.82, 2.24) is 9.36 Å². The molecule has 0 amide bonds. The van der Waals surface area contributed by atoms with Crippen molar-refractivity contribution in [2.45, 2.75) is 18.9 Å². The van der Waals surface area contributed by atoms with Gasteiger partial charge in [0.15, 0.2) is 5.82 Å². The van der Waals surface area contributed by atoms with Gasteiger partial charge in [0.1, 0.15) is 6.10 Å². The second-order valence-corrected chi connectivity index (χ2v) is 4.23. The number of ether oxygens (including phenoxy) is 1. The van der Waals surface area contributed by atoms with Crippen LogP contribution in [0.1, 0.15) is 24.8 Å². The average molecular weight is 205 g/mol. The molecule has 0 aromatic carbocycles. The van der Waals surface area contributed by atoms with Crippen molar-refractivity contribution in [2.75, 3.05) is 7.11 Å². The van der Waals surface area contributed by atoms with Gasteiger partial charge in [0.2, 0.25) is 4.47 Å². The van der Waals surface area contributed by atoms with Gasteiger partial charge in [0.05, 0.1) is 0 Å². The Balaban J connectivity index is 2.15. The van der Waals surface area contributed by atoms with Crippen molar-refractivity contribution < 1.29 is 4.74 Å². The molecule has 1 unspecified atom stereocenters. The van der Waals surface area contributed by atoms with Crippen LogP contribution in [0.2, 0.25) is 4.47 Å². The number of methoxy groups -OCH3 is 1. The summed E-state index contributed by atoms with van der Waals surface area (Å²) in [5.74, 6) is 1.36. The minimum Gasteiger partial charge on any atom is -0.373 e. The van der Waals surface area contributed by atoms with E-state index < -0.39 is 0 Å². The van der Waals surface area contributed by atoms with Gasteiger partial charge in [0.25, 0.3) is 0 Å². The molecule has 2 rings (SSSR count). The summed E-state index contributed by atoms with van der Waals surface area (Å²) >= 11 is 6.89. The highest BCUT2D eigenvalue weighted by molar-refractivity contribution is 7.10. The maximum absolute atomic E-state index is 5.68. The van der Waals surface area contributed by atoms with Crippen LogP contribution in [0.4, 0.5) is 0 Å². The van der Waals surface area contributed by atoms with Gasteiger partial charge in [-0.3, -0.25) is 0 Å². The van der Waals surface area contributed by atoms with Gasteiger partial charge in [-0.2, -0.15) is 4.37 Å². The van der Waals surface area contributed by atoms with Gasteiger partial charge in [-0.1, -0.05) is 0 Å². The normalized spacial score (nSPS) is 19.5. The lowest BCUT2D eigenvalue weighted by Crippen LogP contribution is -2.05.